The number of amides is 2. The summed E-state index contributed by atoms with van der Waals surface area (Å²) in [5, 5.41) is 7.08. The van der Waals surface area contributed by atoms with Crippen LogP contribution >= 0.6 is 23.1 Å². The molecule has 3 rings (SSSR count). The molecule has 28 heavy (non-hydrogen) atoms. The number of benzene rings is 1. The highest BCUT2D eigenvalue weighted by molar-refractivity contribution is 7.99. The Hall–Kier alpha value is -2.85. The van der Waals surface area contributed by atoms with Gasteiger partial charge in [-0.15, -0.1) is 23.1 Å². The van der Waals surface area contributed by atoms with E-state index in [4.69, 9.17) is 4.74 Å². The first-order valence-electron chi connectivity index (χ1n) is 8.25. The summed E-state index contributed by atoms with van der Waals surface area (Å²) in [7, 11) is 3.02. The maximum Gasteiger partial charge on any atom is 0.258 e. The van der Waals surface area contributed by atoms with Crippen molar-refractivity contribution >= 4 is 45.6 Å². The molecule has 8 nitrogen and oxygen atoms in total. The molecule has 0 fully saturated rings. The van der Waals surface area contributed by atoms with Crippen LogP contribution in [0.25, 0.3) is 4.96 Å². The first-order chi connectivity index (χ1) is 13.5. The summed E-state index contributed by atoms with van der Waals surface area (Å²) in [4.78, 5) is 41.3. The summed E-state index contributed by atoms with van der Waals surface area (Å²) in [5.74, 6) is 0.532. The van der Waals surface area contributed by atoms with Crippen molar-refractivity contribution in [1.29, 1.82) is 0 Å². The molecule has 2 amide bonds. The fraction of sp³-hybridized carbons (Fsp3) is 0.222. The summed E-state index contributed by atoms with van der Waals surface area (Å²) in [6.07, 6.45) is 1.68. The first-order valence-corrected chi connectivity index (χ1v) is 10.3. The van der Waals surface area contributed by atoms with Crippen LogP contribution in [0.4, 0.5) is 5.69 Å². The van der Waals surface area contributed by atoms with Gasteiger partial charge < -0.3 is 15.4 Å². The van der Waals surface area contributed by atoms with Gasteiger partial charge >= 0.3 is 0 Å². The third kappa shape index (κ3) is 4.52. The van der Waals surface area contributed by atoms with Crippen molar-refractivity contribution in [2.24, 2.45) is 0 Å². The lowest BCUT2D eigenvalue weighted by molar-refractivity contribution is -0.113. The van der Waals surface area contributed by atoms with E-state index in [1.165, 1.54) is 47.7 Å². The second kappa shape index (κ2) is 8.89. The molecule has 2 N–H and O–H groups in total. The Labute approximate surface area is 168 Å². The van der Waals surface area contributed by atoms with E-state index >= 15 is 0 Å². The van der Waals surface area contributed by atoms with Crippen LogP contribution in [0.1, 0.15) is 16.1 Å². The number of carbonyl (C=O) groups is 2. The Bertz CT molecular complexity index is 1080. The van der Waals surface area contributed by atoms with Crippen molar-refractivity contribution in [3.63, 3.8) is 0 Å². The van der Waals surface area contributed by atoms with Crippen LogP contribution in [-0.2, 0) is 10.5 Å². The van der Waals surface area contributed by atoms with Crippen molar-refractivity contribution in [2.45, 2.75) is 5.75 Å². The molecule has 0 unspecified atom stereocenters. The maximum atomic E-state index is 12.3. The Morgan fingerprint density at radius 3 is 2.89 bits per heavy atom. The number of rotatable bonds is 7. The standard InChI is InChI=1S/C18H18N4O4S2/c1-19-17(25)13-8-12(26-2)3-4-14(13)21-15(23)10-27-9-11-7-16(24)22-5-6-28-18(22)20-11/h3-8H,9-10H2,1-2H3,(H,19,25)(H,21,23). The van der Waals surface area contributed by atoms with Gasteiger partial charge in [0, 0.05) is 30.4 Å². The van der Waals surface area contributed by atoms with Crippen molar-refractivity contribution in [3.05, 3.63) is 57.5 Å². The zero-order valence-corrected chi connectivity index (χ0v) is 16.9. The number of hydrogen-bond donors (Lipinski definition) is 2. The van der Waals surface area contributed by atoms with Crippen LogP contribution in [0.5, 0.6) is 5.75 Å². The third-order valence-corrected chi connectivity index (χ3v) is 5.53. The summed E-state index contributed by atoms with van der Waals surface area (Å²) in [5.41, 5.74) is 1.21. The molecule has 0 saturated carbocycles. The van der Waals surface area contributed by atoms with E-state index < -0.39 is 0 Å². The van der Waals surface area contributed by atoms with Crippen LogP contribution in [0.15, 0.2) is 40.6 Å². The van der Waals surface area contributed by atoms with Crippen molar-refractivity contribution in [2.75, 3.05) is 25.2 Å². The van der Waals surface area contributed by atoms with Gasteiger partial charge in [0.1, 0.15) is 5.75 Å². The van der Waals surface area contributed by atoms with E-state index in [0.717, 1.165) is 0 Å². The zero-order valence-electron chi connectivity index (χ0n) is 15.2. The van der Waals surface area contributed by atoms with E-state index in [1.54, 1.807) is 29.8 Å². The molecule has 1 aromatic carbocycles. The van der Waals surface area contributed by atoms with Gasteiger partial charge in [-0.05, 0) is 18.2 Å². The Balaban J connectivity index is 1.62. The number of fused-ring (bicyclic) bond motifs is 1. The lowest BCUT2D eigenvalue weighted by Crippen LogP contribution is -2.22. The highest BCUT2D eigenvalue weighted by atomic mass is 32.2. The van der Waals surface area contributed by atoms with Crippen molar-refractivity contribution in [1.82, 2.24) is 14.7 Å². The van der Waals surface area contributed by atoms with E-state index in [9.17, 15) is 14.4 Å². The smallest absolute Gasteiger partial charge is 0.258 e. The van der Waals surface area contributed by atoms with Crippen LogP contribution in [0, 0.1) is 0 Å². The molecular weight excluding hydrogens is 400 g/mol. The molecule has 0 bridgehead atoms. The minimum absolute atomic E-state index is 0.139. The largest absolute Gasteiger partial charge is 0.497 e. The average molecular weight is 419 g/mol. The van der Waals surface area contributed by atoms with Gasteiger partial charge in [0.05, 0.1) is 29.8 Å². The molecule has 3 aromatic rings. The highest BCUT2D eigenvalue weighted by Gasteiger charge is 2.14. The summed E-state index contributed by atoms with van der Waals surface area (Å²) < 4.78 is 6.61. The van der Waals surface area contributed by atoms with Gasteiger partial charge in [-0.2, -0.15) is 0 Å². The number of hydrogen-bond acceptors (Lipinski definition) is 7. The van der Waals surface area contributed by atoms with E-state index in [1.807, 2.05) is 0 Å². The van der Waals surface area contributed by atoms with E-state index in [0.29, 0.717) is 33.4 Å². The predicted octanol–water partition coefficient (Wildman–Crippen LogP) is 2.00. The molecule has 0 spiro atoms. The van der Waals surface area contributed by atoms with Crippen molar-refractivity contribution in [3.8, 4) is 5.75 Å². The Morgan fingerprint density at radius 2 is 2.14 bits per heavy atom. The van der Waals surface area contributed by atoms with Crippen LogP contribution in [0.2, 0.25) is 0 Å². The molecule has 0 saturated heterocycles. The average Bonchev–Trinajstić information content (AvgIpc) is 3.17. The number of nitrogens with zero attached hydrogens (tertiary/aromatic N) is 2. The van der Waals surface area contributed by atoms with Gasteiger partial charge in [-0.3, -0.25) is 18.8 Å². The molecular formula is C18H18N4O4S2. The SMILES string of the molecule is CNC(=O)c1cc(OC)ccc1NC(=O)CSCc1cc(=O)n2ccsc2n1. The lowest BCUT2D eigenvalue weighted by Gasteiger charge is -2.11. The molecule has 0 aliphatic heterocycles. The third-order valence-electron chi connectivity index (χ3n) is 3.81. The van der Waals surface area contributed by atoms with Crippen LogP contribution in [0.3, 0.4) is 0 Å². The summed E-state index contributed by atoms with van der Waals surface area (Å²) >= 11 is 2.72. The fourth-order valence-corrected chi connectivity index (χ4v) is 3.93. The maximum absolute atomic E-state index is 12.3. The predicted molar refractivity (Wildman–Crippen MR) is 111 cm³/mol. The van der Waals surface area contributed by atoms with Gasteiger partial charge in [-0.1, -0.05) is 0 Å². The Kier molecular flexibility index (Phi) is 6.32. The number of ether oxygens (including phenoxy) is 1. The molecule has 0 aliphatic carbocycles. The number of nitrogens with one attached hydrogen (secondary N) is 2. The number of thiazole rings is 1. The van der Waals surface area contributed by atoms with E-state index in [-0.39, 0.29) is 23.1 Å². The zero-order chi connectivity index (χ0) is 20.1. The molecule has 0 aliphatic rings. The second-order valence-corrected chi connectivity index (χ2v) is 7.53. The lowest BCUT2D eigenvalue weighted by atomic mass is 10.1. The van der Waals surface area contributed by atoms with E-state index in [2.05, 4.69) is 15.6 Å². The topological polar surface area (TPSA) is 102 Å². The molecule has 10 heteroatoms. The number of methoxy groups -OCH3 is 1. The van der Waals surface area contributed by atoms with Crippen LogP contribution < -0.4 is 20.9 Å². The quantitative estimate of drug-likeness (QED) is 0.609. The molecule has 146 valence electrons. The first kappa shape index (κ1) is 19.9. The van der Waals surface area contributed by atoms with Gasteiger partial charge in [-0.25, -0.2) is 4.98 Å². The molecule has 0 radical (unpaired) electrons. The Morgan fingerprint density at radius 1 is 1.32 bits per heavy atom. The normalized spacial score (nSPS) is 10.6. The summed E-state index contributed by atoms with van der Waals surface area (Å²) in [6.45, 7) is 0. The monoisotopic (exact) mass is 418 g/mol. The van der Waals surface area contributed by atoms with Gasteiger partial charge in [0.2, 0.25) is 5.91 Å². The number of aromatic nitrogens is 2. The van der Waals surface area contributed by atoms with Crippen molar-refractivity contribution < 1.29 is 14.3 Å². The second-order valence-electron chi connectivity index (χ2n) is 5.67. The minimum Gasteiger partial charge on any atom is -0.497 e. The van der Waals surface area contributed by atoms with Gasteiger partial charge in [0.25, 0.3) is 11.5 Å². The fourth-order valence-electron chi connectivity index (χ4n) is 2.48. The minimum atomic E-state index is -0.323. The number of carbonyl (C=O) groups excluding carboxylic acids is 2. The van der Waals surface area contributed by atoms with Gasteiger partial charge in [0.15, 0.2) is 4.96 Å². The molecule has 2 heterocycles. The number of thioether (sulfide) groups is 1. The van der Waals surface area contributed by atoms with Crippen LogP contribution in [-0.4, -0.2) is 41.1 Å². The number of anilines is 1. The summed E-state index contributed by atoms with van der Waals surface area (Å²) in [6, 6.07) is 6.33. The highest BCUT2D eigenvalue weighted by Crippen LogP contribution is 2.22. The molecule has 2 aromatic heterocycles. The molecule has 0 atom stereocenters.